The van der Waals surface area contributed by atoms with Crippen LogP contribution >= 0.6 is 0 Å². The first kappa shape index (κ1) is 11.6. The van der Waals surface area contributed by atoms with Gasteiger partial charge in [0.15, 0.2) is 0 Å². The van der Waals surface area contributed by atoms with Gasteiger partial charge in [-0.25, -0.2) is 0 Å². The van der Waals surface area contributed by atoms with Gasteiger partial charge in [0, 0.05) is 30.9 Å². The van der Waals surface area contributed by atoms with Crippen LogP contribution < -0.4 is 10.2 Å². The largest absolute Gasteiger partial charge is 0.371 e. The van der Waals surface area contributed by atoms with Gasteiger partial charge in [0.1, 0.15) is 0 Å². The average Bonchev–Trinajstić information content (AvgIpc) is 2.77. The highest BCUT2D eigenvalue weighted by Crippen LogP contribution is 2.31. The highest BCUT2D eigenvalue weighted by atomic mass is 15.2. The summed E-state index contributed by atoms with van der Waals surface area (Å²) in [5.74, 6) is 0. The van der Waals surface area contributed by atoms with Crippen molar-refractivity contribution in [2.24, 2.45) is 0 Å². The molecule has 2 unspecified atom stereocenters. The normalized spacial score (nSPS) is 29.9. The average molecular weight is 241 g/mol. The molecule has 0 amide bonds. The molecule has 18 heavy (non-hydrogen) atoms. The molecule has 0 aliphatic carbocycles. The second kappa shape index (κ2) is 4.62. The van der Waals surface area contributed by atoms with Crippen LogP contribution in [0.15, 0.2) is 24.3 Å². The van der Waals surface area contributed by atoms with Crippen molar-refractivity contribution in [3.63, 3.8) is 0 Å². The van der Waals surface area contributed by atoms with Gasteiger partial charge in [0.05, 0.1) is 11.6 Å². The number of nitrogens with one attached hydrogen (secondary N) is 1. The Morgan fingerprint density at radius 2 is 1.78 bits per heavy atom. The monoisotopic (exact) mass is 241 g/mol. The molecule has 0 radical (unpaired) electrons. The highest BCUT2D eigenvalue weighted by molar-refractivity contribution is 5.50. The Bertz CT molecular complexity index is 448. The third-order valence-corrected chi connectivity index (χ3v) is 4.40. The van der Waals surface area contributed by atoms with E-state index in [9.17, 15) is 0 Å². The number of nitrogens with zero attached hydrogens (tertiary/aromatic N) is 2. The van der Waals surface area contributed by atoms with E-state index in [1.807, 2.05) is 12.1 Å². The molecule has 3 rings (SSSR count). The van der Waals surface area contributed by atoms with E-state index in [1.54, 1.807) is 0 Å². The summed E-state index contributed by atoms with van der Waals surface area (Å²) in [6, 6.07) is 12.2. The van der Waals surface area contributed by atoms with Gasteiger partial charge in [-0.1, -0.05) is 0 Å². The van der Waals surface area contributed by atoms with Crippen LogP contribution in [-0.2, 0) is 0 Å². The number of rotatable bonds is 2. The lowest BCUT2D eigenvalue weighted by atomic mass is 9.98. The summed E-state index contributed by atoms with van der Waals surface area (Å²) in [5.41, 5.74) is 1.96. The van der Waals surface area contributed by atoms with Crippen LogP contribution in [0.4, 0.5) is 5.69 Å². The van der Waals surface area contributed by atoms with E-state index in [-0.39, 0.29) is 0 Å². The third-order valence-electron chi connectivity index (χ3n) is 4.40. The molecular formula is C15H19N3. The maximum absolute atomic E-state index is 8.82. The van der Waals surface area contributed by atoms with Gasteiger partial charge in [0.2, 0.25) is 0 Å². The van der Waals surface area contributed by atoms with E-state index in [0.29, 0.717) is 6.04 Å². The Morgan fingerprint density at radius 1 is 1.17 bits per heavy atom. The summed E-state index contributed by atoms with van der Waals surface area (Å²) in [7, 11) is 2.18. The molecule has 2 atom stereocenters. The minimum Gasteiger partial charge on any atom is -0.371 e. The van der Waals surface area contributed by atoms with Crippen molar-refractivity contribution in [2.45, 2.75) is 43.8 Å². The van der Waals surface area contributed by atoms with Crippen LogP contribution in [0.1, 0.15) is 31.2 Å². The zero-order valence-electron chi connectivity index (χ0n) is 10.8. The molecule has 2 heterocycles. The topological polar surface area (TPSA) is 39.1 Å². The molecule has 0 spiro atoms. The van der Waals surface area contributed by atoms with E-state index in [2.05, 4.69) is 35.5 Å². The smallest absolute Gasteiger partial charge is 0.0991 e. The van der Waals surface area contributed by atoms with Gasteiger partial charge in [-0.2, -0.15) is 5.26 Å². The number of hydrogen-bond acceptors (Lipinski definition) is 3. The summed E-state index contributed by atoms with van der Waals surface area (Å²) in [6.07, 6.45) is 5.16. The Labute approximate surface area is 108 Å². The quantitative estimate of drug-likeness (QED) is 0.863. The molecule has 0 saturated carbocycles. The molecule has 2 saturated heterocycles. The van der Waals surface area contributed by atoms with Crippen LogP contribution in [0.5, 0.6) is 0 Å². The molecule has 2 fully saturated rings. The number of piperidine rings is 1. The zero-order valence-corrected chi connectivity index (χ0v) is 10.8. The lowest BCUT2D eigenvalue weighted by Crippen LogP contribution is -2.47. The Balaban J connectivity index is 1.73. The summed E-state index contributed by atoms with van der Waals surface area (Å²) in [5, 5.41) is 12.5. The first-order chi connectivity index (χ1) is 8.76. The van der Waals surface area contributed by atoms with E-state index in [1.165, 1.54) is 31.4 Å². The Hall–Kier alpha value is -1.53. The predicted molar refractivity (Wildman–Crippen MR) is 72.5 cm³/mol. The molecule has 1 aromatic rings. The minimum absolute atomic E-state index is 0.636. The number of nitriles is 1. The maximum atomic E-state index is 8.82. The van der Waals surface area contributed by atoms with Crippen LogP contribution in [0, 0.1) is 11.3 Å². The van der Waals surface area contributed by atoms with Gasteiger partial charge < -0.3 is 10.2 Å². The molecule has 94 valence electrons. The molecular weight excluding hydrogens is 222 g/mol. The molecule has 3 nitrogen and oxygen atoms in total. The second-order valence-electron chi connectivity index (χ2n) is 5.53. The zero-order chi connectivity index (χ0) is 12.5. The van der Waals surface area contributed by atoms with E-state index >= 15 is 0 Å². The van der Waals surface area contributed by atoms with Crippen molar-refractivity contribution in [3.8, 4) is 6.07 Å². The first-order valence-electron chi connectivity index (χ1n) is 6.75. The second-order valence-corrected chi connectivity index (χ2v) is 5.53. The summed E-state index contributed by atoms with van der Waals surface area (Å²) in [4.78, 5) is 2.38. The molecule has 3 heteroatoms. The molecule has 2 aliphatic heterocycles. The molecule has 1 N–H and O–H groups in total. The van der Waals surface area contributed by atoms with Crippen molar-refractivity contribution in [1.82, 2.24) is 5.32 Å². The highest BCUT2D eigenvalue weighted by Gasteiger charge is 2.35. The fourth-order valence-corrected chi connectivity index (χ4v) is 3.33. The SMILES string of the molecule is CN(c1ccc(C#N)cc1)C1CC2CCC(C1)N2. The fourth-order valence-electron chi connectivity index (χ4n) is 3.33. The predicted octanol–water partition coefficient (Wildman–Crippen LogP) is 2.28. The fraction of sp³-hybridized carbons (Fsp3) is 0.533. The lowest BCUT2D eigenvalue weighted by molar-refractivity contribution is 0.355. The van der Waals surface area contributed by atoms with E-state index in [0.717, 1.165) is 17.6 Å². The number of benzene rings is 1. The van der Waals surface area contributed by atoms with Gasteiger partial charge in [-0.3, -0.25) is 0 Å². The summed E-state index contributed by atoms with van der Waals surface area (Å²) in [6.45, 7) is 0. The van der Waals surface area contributed by atoms with Gasteiger partial charge >= 0.3 is 0 Å². The third kappa shape index (κ3) is 2.09. The number of anilines is 1. The molecule has 0 aromatic heterocycles. The first-order valence-corrected chi connectivity index (χ1v) is 6.75. The van der Waals surface area contributed by atoms with Gasteiger partial charge in [-0.05, 0) is 49.9 Å². The van der Waals surface area contributed by atoms with E-state index in [4.69, 9.17) is 5.26 Å². The van der Waals surface area contributed by atoms with Crippen LogP contribution in [0.25, 0.3) is 0 Å². The van der Waals surface area contributed by atoms with Crippen LogP contribution in [-0.4, -0.2) is 25.2 Å². The van der Waals surface area contributed by atoms with Crippen molar-refractivity contribution in [2.75, 3.05) is 11.9 Å². The summed E-state index contributed by atoms with van der Waals surface area (Å²) >= 11 is 0. The Morgan fingerprint density at radius 3 is 2.33 bits per heavy atom. The van der Waals surface area contributed by atoms with Crippen LogP contribution in [0.3, 0.4) is 0 Å². The minimum atomic E-state index is 0.636. The van der Waals surface area contributed by atoms with Crippen LogP contribution in [0.2, 0.25) is 0 Å². The van der Waals surface area contributed by atoms with Crippen molar-refractivity contribution >= 4 is 5.69 Å². The van der Waals surface area contributed by atoms with Gasteiger partial charge in [-0.15, -0.1) is 0 Å². The van der Waals surface area contributed by atoms with Gasteiger partial charge in [0.25, 0.3) is 0 Å². The lowest BCUT2D eigenvalue weighted by Gasteiger charge is -2.37. The number of fused-ring (bicyclic) bond motifs is 2. The Kier molecular flexibility index (Phi) is 2.97. The molecule has 1 aromatic carbocycles. The van der Waals surface area contributed by atoms with Crippen molar-refractivity contribution in [3.05, 3.63) is 29.8 Å². The van der Waals surface area contributed by atoms with Crippen molar-refractivity contribution < 1.29 is 0 Å². The summed E-state index contributed by atoms with van der Waals surface area (Å²) < 4.78 is 0. The molecule has 2 aliphatic rings. The van der Waals surface area contributed by atoms with Crippen molar-refractivity contribution in [1.29, 1.82) is 5.26 Å². The maximum Gasteiger partial charge on any atom is 0.0991 e. The standard InChI is InChI=1S/C15H19N3/c1-18(14-6-2-11(10-16)3-7-14)15-8-12-4-5-13(9-15)17-12/h2-3,6-7,12-13,15,17H,4-5,8-9H2,1H3. The van der Waals surface area contributed by atoms with E-state index < -0.39 is 0 Å². The number of hydrogen-bond donors (Lipinski definition) is 1. The molecule has 2 bridgehead atoms.